The molecule has 1 aliphatic rings. The van der Waals surface area contributed by atoms with Gasteiger partial charge in [-0.2, -0.15) is 5.26 Å². The van der Waals surface area contributed by atoms with Gasteiger partial charge in [0, 0.05) is 17.8 Å². The average Bonchev–Trinajstić information content (AvgIpc) is 2.25. The average molecular weight is 216 g/mol. The van der Waals surface area contributed by atoms with E-state index >= 15 is 0 Å². The second kappa shape index (κ2) is 4.31. The largest absolute Gasteiger partial charge is 0.465 e. The number of nitrogens with zero attached hydrogens (tertiary/aromatic N) is 2. The maximum atomic E-state index is 11.5. The van der Waals surface area contributed by atoms with Crippen LogP contribution in [0.4, 0.5) is 0 Å². The fourth-order valence-corrected chi connectivity index (χ4v) is 1.77. The Morgan fingerprint density at radius 1 is 1.62 bits per heavy atom. The highest BCUT2D eigenvalue weighted by molar-refractivity contribution is 5.92. The Hall–Kier alpha value is -1.89. The zero-order valence-corrected chi connectivity index (χ0v) is 9.06. The lowest BCUT2D eigenvalue weighted by Crippen LogP contribution is -2.13. The van der Waals surface area contributed by atoms with Crippen LogP contribution < -0.4 is 0 Å². The molecule has 4 nitrogen and oxygen atoms in total. The number of esters is 1. The van der Waals surface area contributed by atoms with Crippen LogP contribution in [0.15, 0.2) is 12.3 Å². The van der Waals surface area contributed by atoms with E-state index in [-0.39, 0.29) is 5.56 Å². The van der Waals surface area contributed by atoms with Crippen LogP contribution in [0.2, 0.25) is 0 Å². The highest BCUT2D eigenvalue weighted by atomic mass is 16.5. The Morgan fingerprint density at radius 3 is 2.88 bits per heavy atom. The van der Waals surface area contributed by atoms with Crippen molar-refractivity contribution in [1.29, 1.82) is 5.26 Å². The first kappa shape index (κ1) is 10.6. The van der Waals surface area contributed by atoms with E-state index in [9.17, 15) is 4.79 Å². The lowest BCUT2D eigenvalue weighted by atomic mass is 9.82. The topological polar surface area (TPSA) is 63.0 Å². The van der Waals surface area contributed by atoms with Gasteiger partial charge in [-0.3, -0.25) is 4.98 Å². The summed E-state index contributed by atoms with van der Waals surface area (Å²) in [5.41, 5.74) is 1.49. The molecule has 1 heterocycles. The number of hydrogen-bond acceptors (Lipinski definition) is 4. The molecule has 0 radical (unpaired) electrons. The van der Waals surface area contributed by atoms with E-state index in [1.807, 2.05) is 6.07 Å². The Labute approximate surface area is 93.9 Å². The number of methoxy groups -OCH3 is 1. The van der Waals surface area contributed by atoms with Gasteiger partial charge in [0.25, 0.3) is 0 Å². The number of aromatic nitrogens is 1. The third-order valence-electron chi connectivity index (χ3n) is 2.97. The molecule has 0 amide bonds. The highest BCUT2D eigenvalue weighted by Crippen LogP contribution is 2.35. The Morgan fingerprint density at radius 2 is 2.38 bits per heavy atom. The first-order valence-corrected chi connectivity index (χ1v) is 5.24. The minimum absolute atomic E-state index is 0.273. The normalized spacial score (nSPS) is 15.0. The van der Waals surface area contributed by atoms with Crippen molar-refractivity contribution in [2.45, 2.75) is 25.2 Å². The third kappa shape index (κ3) is 1.76. The molecule has 0 aromatic carbocycles. The summed E-state index contributed by atoms with van der Waals surface area (Å²) in [6, 6.07) is 3.64. The first-order chi connectivity index (χ1) is 7.76. The van der Waals surface area contributed by atoms with Crippen molar-refractivity contribution in [3.63, 3.8) is 0 Å². The molecule has 2 rings (SSSR count). The Bertz CT molecular complexity index is 459. The van der Waals surface area contributed by atoms with Crippen LogP contribution in [-0.2, 0) is 4.74 Å². The fourth-order valence-electron chi connectivity index (χ4n) is 1.77. The third-order valence-corrected chi connectivity index (χ3v) is 2.97. The quantitative estimate of drug-likeness (QED) is 0.709. The van der Waals surface area contributed by atoms with E-state index in [4.69, 9.17) is 5.26 Å². The molecule has 0 bridgehead atoms. The Balaban J connectivity index is 2.38. The number of hydrogen-bond donors (Lipinski definition) is 0. The van der Waals surface area contributed by atoms with Gasteiger partial charge in [-0.25, -0.2) is 4.79 Å². The molecule has 0 aliphatic heterocycles. The van der Waals surface area contributed by atoms with Crippen molar-refractivity contribution in [3.05, 3.63) is 29.1 Å². The predicted molar refractivity (Wildman–Crippen MR) is 56.9 cm³/mol. The predicted octanol–water partition coefficient (Wildman–Crippen LogP) is 2.01. The summed E-state index contributed by atoms with van der Waals surface area (Å²) >= 11 is 0. The number of nitriles is 1. The molecule has 1 aromatic rings. The lowest BCUT2D eigenvalue weighted by Gasteiger charge is -2.24. The molecule has 1 aliphatic carbocycles. The molecule has 1 aromatic heterocycles. The molecule has 0 N–H and O–H groups in total. The van der Waals surface area contributed by atoms with Gasteiger partial charge < -0.3 is 4.74 Å². The molecule has 0 unspecified atom stereocenters. The van der Waals surface area contributed by atoms with E-state index in [0.717, 1.165) is 18.5 Å². The van der Waals surface area contributed by atoms with Crippen molar-refractivity contribution in [3.8, 4) is 6.07 Å². The van der Waals surface area contributed by atoms with Gasteiger partial charge in [-0.05, 0) is 18.9 Å². The van der Waals surface area contributed by atoms with E-state index < -0.39 is 5.97 Å². The van der Waals surface area contributed by atoms with Crippen LogP contribution in [0.5, 0.6) is 0 Å². The molecule has 16 heavy (non-hydrogen) atoms. The van der Waals surface area contributed by atoms with Crippen LogP contribution in [0.1, 0.15) is 46.8 Å². The van der Waals surface area contributed by atoms with Crippen molar-refractivity contribution >= 4 is 5.97 Å². The van der Waals surface area contributed by atoms with Crippen molar-refractivity contribution in [2.24, 2.45) is 0 Å². The monoisotopic (exact) mass is 216 g/mol. The van der Waals surface area contributed by atoms with Crippen molar-refractivity contribution in [1.82, 2.24) is 4.98 Å². The number of carbonyl (C=O) groups is 1. The van der Waals surface area contributed by atoms with Gasteiger partial charge in [-0.15, -0.1) is 0 Å². The smallest absolute Gasteiger partial charge is 0.339 e. The maximum absolute atomic E-state index is 11.5. The molecule has 82 valence electrons. The second-order valence-corrected chi connectivity index (χ2v) is 3.89. The fraction of sp³-hybridized carbons (Fsp3) is 0.417. The van der Waals surface area contributed by atoms with Crippen LogP contribution >= 0.6 is 0 Å². The standard InChI is InChI=1S/C12H12N2O2/c1-16-12(15)10-5-11(8-3-2-4-8)14-7-9(10)6-13/h5,7-8H,2-4H2,1H3. The number of rotatable bonds is 2. The second-order valence-electron chi connectivity index (χ2n) is 3.89. The van der Waals surface area contributed by atoms with E-state index in [2.05, 4.69) is 9.72 Å². The molecule has 0 spiro atoms. The van der Waals surface area contributed by atoms with E-state index in [1.54, 1.807) is 6.07 Å². The summed E-state index contributed by atoms with van der Waals surface area (Å²) in [4.78, 5) is 15.7. The highest BCUT2D eigenvalue weighted by Gasteiger charge is 2.23. The summed E-state index contributed by atoms with van der Waals surface area (Å²) in [5.74, 6) is -0.0318. The molecule has 0 atom stereocenters. The number of carbonyl (C=O) groups excluding carboxylic acids is 1. The van der Waals surface area contributed by atoms with Crippen LogP contribution in [0.3, 0.4) is 0 Å². The molecule has 1 fully saturated rings. The molecular weight excluding hydrogens is 204 g/mol. The lowest BCUT2D eigenvalue weighted by molar-refractivity contribution is 0.0600. The van der Waals surface area contributed by atoms with E-state index in [0.29, 0.717) is 11.5 Å². The molecule has 4 heteroatoms. The molecular formula is C12H12N2O2. The Kier molecular flexibility index (Phi) is 2.86. The molecule has 0 saturated heterocycles. The van der Waals surface area contributed by atoms with E-state index in [1.165, 1.54) is 19.7 Å². The number of pyridine rings is 1. The van der Waals surface area contributed by atoms with Gasteiger partial charge in [-0.1, -0.05) is 6.42 Å². The van der Waals surface area contributed by atoms with Crippen LogP contribution in [0, 0.1) is 11.3 Å². The minimum atomic E-state index is -0.473. The zero-order valence-electron chi connectivity index (χ0n) is 9.06. The summed E-state index contributed by atoms with van der Waals surface area (Å²) in [6.45, 7) is 0. The van der Waals surface area contributed by atoms with Gasteiger partial charge in [0.15, 0.2) is 0 Å². The van der Waals surface area contributed by atoms with Gasteiger partial charge >= 0.3 is 5.97 Å². The SMILES string of the molecule is COC(=O)c1cc(C2CCC2)ncc1C#N. The van der Waals surface area contributed by atoms with Crippen LogP contribution in [0.25, 0.3) is 0 Å². The summed E-state index contributed by atoms with van der Waals surface area (Å²) in [5, 5.41) is 8.87. The van der Waals surface area contributed by atoms with Crippen molar-refractivity contribution in [2.75, 3.05) is 7.11 Å². The van der Waals surface area contributed by atoms with Gasteiger partial charge in [0.1, 0.15) is 6.07 Å². The van der Waals surface area contributed by atoms with Gasteiger partial charge in [0.05, 0.1) is 18.2 Å². The van der Waals surface area contributed by atoms with Crippen LogP contribution in [-0.4, -0.2) is 18.1 Å². The zero-order chi connectivity index (χ0) is 11.5. The minimum Gasteiger partial charge on any atom is -0.465 e. The maximum Gasteiger partial charge on any atom is 0.339 e. The number of ether oxygens (including phenoxy) is 1. The summed E-state index contributed by atoms with van der Waals surface area (Å²) < 4.78 is 4.65. The summed E-state index contributed by atoms with van der Waals surface area (Å²) in [7, 11) is 1.31. The van der Waals surface area contributed by atoms with Gasteiger partial charge in [0.2, 0.25) is 0 Å². The van der Waals surface area contributed by atoms with Crippen molar-refractivity contribution < 1.29 is 9.53 Å². The first-order valence-electron chi connectivity index (χ1n) is 5.24. The molecule has 1 saturated carbocycles. The summed E-state index contributed by atoms with van der Waals surface area (Å²) in [6.07, 6.45) is 4.89.